The number of nitrogens with zero attached hydrogens (tertiary/aromatic N) is 3. The van der Waals surface area contributed by atoms with Crippen molar-refractivity contribution in [2.75, 3.05) is 38.7 Å². The van der Waals surface area contributed by atoms with Crippen LogP contribution in [-0.2, 0) is 16.1 Å². The first-order valence-corrected chi connectivity index (χ1v) is 8.42. The van der Waals surface area contributed by atoms with Gasteiger partial charge in [0.25, 0.3) is 0 Å². The summed E-state index contributed by atoms with van der Waals surface area (Å²) in [6.07, 6.45) is 3.20. The summed E-state index contributed by atoms with van der Waals surface area (Å²) in [6.45, 7) is 2.63. The fourth-order valence-corrected chi connectivity index (χ4v) is 2.88. The Bertz CT molecular complexity index is 738. The molecule has 1 aliphatic heterocycles. The Morgan fingerprint density at radius 2 is 2.12 bits per heavy atom. The Balaban J connectivity index is 1.60. The lowest BCUT2D eigenvalue weighted by Crippen LogP contribution is -2.38. The first-order valence-electron chi connectivity index (χ1n) is 8.42. The van der Waals surface area contributed by atoms with Crippen molar-refractivity contribution in [3.05, 3.63) is 47.9 Å². The van der Waals surface area contributed by atoms with Gasteiger partial charge in [-0.3, -0.25) is 9.88 Å². The number of benzene rings is 1. The van der Waals surface area contributed by atoms with E-state index in [1.165, 1.54) is 0 Å². The topological polar surface area (TPSA) is 96.8 Å². The van der Waals surface area contributed by atoms with Crippen LogP contribution in [0.2, 0.25) is 0 Å². The molecule has 2 heterocycles. The fraction of sp³-hybridized carbons (Fsp3) is 0.389. The smallest absolute Gasteiger partial charge is 0.341 e. The zero-order valence-electron chi connectivity index (χ0n) is 14.6. The van der Waals surface area contributed by atoms with Crippen LogP contribution in [0.5, 0.6) is 5.75 Å². The van der Waals surface area contributed by atoms with E-state index in [1.807, 2.05) is 19.2 Å². The average molecular weight is 358 g/mol. The second-order valence-electron chi connectivity index (χ2n) is 5.96. The minimum absolute atomic E-state index is 0.127. The summed E-state index contributed by atoms with van der Waals surface area (Å²) in [5, 5.41) is 11.7. The van der Waals surface area contributed by atoms with E-state index in [0.717, 1.165) is 36.7 Å². The van der Waals surface area contributed by atoms with E-state index in [2.05, 4.69) is 20.2 Å². The largest absolute Gasteiger partial charge is 0.482 e. The third-order valence-electron chi connectivity index (χ3n) is 4.11. The summed E-state index contributed by atoms with van der Waals surface area (Å²) in [4.78, 5) is 21.6. The Hall–Kier alpha value is -2.71. The fourth-order valence-electron chi connectivity index (χ4n) is 2.88. The van der Waals surface area contributed by atoms with Gasteiger partial charge >= 0.3 is 5.97 Å². The highest BCUT2D eigenvalue weighted by atomic mass is 16.5. The van der Waals surface area contributed by atoms with E-state index in [1.54, 1.807) is 24.5 Å². The molecule has 1 aliphatic rings. The zero-order valence-corrected chi connectivity index (χ0v) is 14.6. The van der Waals surface area contributed by atoms with Crippen molar-refractivity contribution < 1.29 is 19.4 Å². The van der Waals surface area contributed by atoms with Crippen LogP contribution in [0.25, 0.3) is 0 Å². The number of carbonyl (C=O) groups is 1. The molecule has 8 nitrogen and oxygen atoms in total. The lowest BCUT2D eigenvalue weighted by molar-refractivity contribution is -0.139. The van der Waals surface area contributed by atoms with Gasteiger partial charge in [0.1, 0.15) is 23.4 Å². The van der Waals surface area contributed by atoms with Crippen LogP contribution < -0.4 is 10.1 Å². The van der Waals surface area contributed by atoms with Crippen LogP contribution in [0.3, 0.4) is 0 Å². The second-order valence-corrected chi connectivity index (χ2v) is 5.96. The molecule has 1 saturated heterocycles. The molecule has 1 atom stereocenters. The van der Waals surface area contributed by atoms with Crippen molar-refractivity contribution in [3.63, 3.8) is 0 Å². The van der Waals surface area contributed by atoms with E-state index < -0.39 is 5.97 Å². The number of aliphatic carboxylic acids is 1. The second kappa shape index (κ2) is 8.59. The molecule has 0 amide bonds. The average Bonchev–Trinajstić information content (AvgIpc) is 2.67. The summed E-state index contributed by atoms with van der Waals surface area (Å²) < 4.78 is 11.0. The first-order chi connectivity index (χ1) is 12.7. The Morgan fingerprint density at radius 3 is 2.85 bits per heavy atom. The maximum absolute atomic E-state index is 10.5. The Labute approximate surface area is 151 Å². The van der Waals surface area contributed by atoms with Gasteiger partial charge in [-0.1, -0.05) is 12.1 Å². The molecule has 1 aromatic heterocycles. The molecule has 0 aliphatic carbocycles. The van der Waals surface area contributed by atoms with Crippen molar-refractivity contribution in [2.24, 2.45) is 0 Å². The highest BCUT2D eigenvalue weighted by Crippen LogP contribution is 2.26. The molecule has 0 spiro atoms. The normalized spacial score (nSPS) is 17.7. The molecule has 0 unspecified atom stereocenters. The van der Waals surface area contributed by atoms with Crippen molar-refractivity contribution in [3.8, 4) is 5.75 Å². The standard InChI is InChI=1S/C18H22N4O4/c1-19-18-17(20-6-7-21-18)15-11-22(8-9-25-15)10-13-2-4-14(5-3-13)26-12-16(23)24/h2-7,15H,8-12H2,1H3,(H,19,21)(H,23,24)/t15-/m1/s1. The number of aromatic nitrogens is 2. The third kappa shape index (κ3) is 4.68. The van der Waals surface area contributed by atoms with Crippen LogP contribution in [-0.4, -0.2) is 59.3 Å². The molecule has 1 fully saturated rings. The van der Waals surface area contributed by atoms with E-state index in [-0.39, 0.29) is 12.7 Å². The van der Waals surface area contributed by atoms with E-state index >= 15 is 0 Å². The SMILES string of the molecule is CNc1nccnc1[C@H]1CN(Cc2ccc(OCC(=O)O)cc2)CCO1. The Kier molecular flexibility index (Phi) is 5.98. The molecule has 1 aromatic carbocycles. The maximum Gasteiger partial charge on any atom is 0.341 e. The third-order valence-corrected chi connectivity index (χ3v) is 4.11. The van der Waals surface area contributed by atoms with E-state index in [4.69, 9.17) is 14.6 Å². The predicted molar refractivity (Wildman–Crippen MR) is 95.1 cm³/mol. The highest BCUT2D eigenvalue weighted by molar-refractivity contribution is 5.68. The minimum Gasteiger partial charge on any atom is -0.482 e. The first kappa shape index (κ1) is 18.1. The van der Waals surface area contributed by atoms with Crippen LogP contribution >= 0.6 is 0 Å². The van der Waals surface area contributed by atoms with Gasteiger partial charge in [-0.25, -0.2) is 9.78 Å². The molecule has 0 bridgehead atoms. The summed E-state index contributed by atoms with van der Waals surface area (Å²) >= 11 is 0. The zero-order chi connectivity index (χ0) is 18.4. The van der Waals surface area contributed by atoms with Crippen molar-refractivity contribution in [1.29, 1.82) is 0 Å². The number of rotatable bonds is 7. The number of anilines is 1. The number of hydrogen-bond donors (Lipinski definition) is 2. The van der Waals surface area contributed by atoms with Gasteiger partial charge in [-0.2, -0.15) is 0 Å². The van der Waals surface area contributed by atoms with Crippen molar-refractivity contribution in [1.82, 2.24) is 14.9 Å². The van der Waals surface area contributed by atoms with Gasteiger partial charge < -0.3 is 19.9 Å². The number of hydrogen-bond acceptors (Lipinski definition) is 7. The maximum atomic E-state index is 10.5. The Morgan fingerprint density at radius 1 is 1.35 bits per heavy atom. The molecule has 26 heavy (non-hydrogen) atoms. The number of ether oxygens (including phenoxy) is 2. The highest BCUT2D eigenvalue weighted by Gasteiger charge is 2.25. The number of carboxylic acid groups (broad SMARTS) is 1. The van der Waals surface area contributed by atoms with Gasteiger partial charge in [0.05, 0.1) is 6.61 Å². The molecule has 138 valence electrons. The summed E-state index contributed by atoms with van der Waals surface area (Å²) in [7, 11) is 1.82. The van der Waals surface area contributed by atoms with Gasteiger partial charge in [0, 0.05) is 39.1 Å². The molecule has 3 rings (SSSR count). The molecular weight excluding hydrogens is 336 g/mol. The minimum atomic E-state index is -0.988. The van der Waals surface area contributed by atoms with Crippen LogP contribution in [0, 0.1) is 0 Å². The predicted octanol–water partition coefficient (Wildman–Crippen LogP) is 1.56. The summed E-state index contributed by atoms with van der Waals surface area (Å²) in [5.41, 5.74) is 1.94. The molecule has 0 radical (unpaired) electrons. The molecule has 2 aromatic rings. The summed E-state index contributed by atoms with van der Waals surface area (Å²) in [6, 6.07) is 7.47. The van der Waals surface area contributed by atoms with Gasteiger partial charge in [0.15, 0.2) is 6.61 Å². The molecule has 8 heteroatoms. The lowest BCUT2D eigenvalue weighted by atomic mass is 10.1. The van der Waals surface area contributed by atoms with Gasteiger partial charge in [-0.15, -0.1) is 0 Å². The molecule has 2 N–H and O–H groups in total. The monoisotopic (exact) mass is 358 g/mol. The number of morpholine rings is 1. The summed E-state index contributed by atoms with van der Waals surface area (Å²) in [5.74, 6) is 0.298. The molecular formula is C18H22N4O4. The van der Waals surface area contributed by atoms with Crippen LogP contribution in [0.1, 0.15) is 17.4 Å². The van der Waals surface area contributed by atoms with Gasteiger partial charge in [0.2, 0.25) is 0 Å². The quantitative estimate of drug-likeness (QED) is 0.770. The van der Waals surface area contributed by atoms with Crippen molar-refractivity contribution in [2.45, 2.75) is 12.6 Å². The van der Waals surface area contributed by atoms with Crippen molar-refractivity contribution >= 4 is 11.8 Å². The van der Waals surface area contributed by atoms with Crippen LogP contribution in [0.15, 0.2) is 36.7 Å². The van der Waals surface area contributed by atoms with Gasteiger partial charge in [-0.05, 0) is 17.7 Å². The number of nitrogens with one attached hydrogen (secondary N) is 1. The molecule has 0 saturated carbocycles. The lowest BCUT2D eigenvalue weighted by Gasteiger charge is -2.33. The number of carboxylic acids is 1. The van der Waals surface area contributed by atoms with Crippen LogP contribution in [0.4, 0.5) is 5.82 Å². The van der Waals surface area contributed by atoms with E-state index in [0.29, 0.717) is 12.4 Å². The van der Waals surface area contributed by atoms with E-state index in [9.17, 15) is 4.79 Å².